The number of benzene rings is 2. The monoisotopic (exact) mass is 457 g/mol. The van der Waals surface area contributed by atoms with Crippen molar-refractivity contribution in [2.24, 2.45) is 5.92 Å². The number of piperidine rings is 1. The van der Waals surface area contributed by atoms with Crippen molar-refractivity contribution in [2.45, 2.75) is 33.2 Å². The molecule has 0 aliphatic carbocycles. The summed E-state index contributed by atoms with van der Waals surface area (Å²) in [6.45, 7) is 7.70. The van der Waals surface area contributed by atoms with Gasteiger partial charge >= 0.3 is 0 Å². The number of carbonyl (C=O) groups is 1. The van der Waals surface area contributed by atoms with Crippen LogP contribution >= 0.6 is 11.6 Å². The molecule has 2 aliphatic rings. The summed E-state index contributed by atoms with van der Waals surface area (Å²) >= 11 is 6.60. The molecular weight excluding hydrogens is 429 g/mol. The van der Waals surface area contributed by atoms with E-state index in [1.54, 1.807) is 6.07 Å². The van der Waals surface area contributed by atoms with E-state index in [4.69, 9.17) is 16.3 Å². The molecule has 5 rings (SSSR count). The Morgan fingerprint density at radius 1 is 1.22 bits per heavy atom. The largest absolute Gasteiger partial charge is 0.490 e. The predicted octanol–water partition coefficient (Wildman–Crippen LogP) is 5.17. The van der Waals surface area contributed by atoms with Gasteiger partial charge in [-0.3, -0.25) is 9.69 Å². The van der Waals surface area contributed by atoms with E-state index in [2.05, 4.69) is 16.3 Å². The third kappa shape index (κ3) is 4.76. The van der Waals surface area contributed by atoms with Gasteiger partial charge in [0.1, 0.15) is 18.2 Å². The molecule has 1 N–H and O–H groups in total. The molecule has 1 unspecified atom stereocenters. The molecule has 1 fully saturated rings. The minimum atomic E-state index is -0.249. The van der Waals surface area contributed by atoms with Crippen LogP contribution in [-0.2, 0) is 11.3 Å². The van der Waals surface area contributed by atoms with E-state index >= 15 is 0 Å². The van der Waals surface area contributed by atoms with Crippen LogP contribution in [-0.4, -0.2) is 41.6 Å². The molecule has 3 heterocycles. The van der Waals surface area contributed by atoms with Crippen LogP contribution in [0.15, 0.2) is 42.6 Å². The number of halogens is 2. The number of carbonyl (C=O) groups excluding carboxylic acids is 1. The fourth-order valence-electron chi connectivity index (χ4n) is 4.52. The summed E-state index contributed by atoms with van der Waals surface area (Å²) in [5.41, 5.74) is 2.87. The zero-order valence-corrected chi connectivity index (χ0v) is 19.3. The third-order valence-corrected chi connectivity index (χ3v) is 6.23. The summed E-state index contributed by atoms with van der Waals surface area (Å²) in [5.74, 6) is 0.980. The zero-order chi connectivity index (χ0) is 22.7. The van der Waals surface area contributed by atoms with Gasteiger partial charge in [0.25, 0.3) is 0 Å². The summed E-state index contributed by atoms with van der Waals surface area (Å²) < 4.78 is 21.6. The minimum Gasteiger partial charge on any atom is -0.490 e. The van der Waals surface area contributed by atoms with E-state index in [1.165, 1.54) is 12.1 Å². The Balaban J connectivity index is 0.00000119. The lowest BCUT2D eigenvalue weighted by Gasteiger charge is -2.28. The molecule has 2 aromatic carbocycles. The number of nitrogens with one attached hydrogen (secondary N) is 1. The highest BCUT2D eigenvalue weighted by molar-refractivity contribution is 6.32. The number of hydrogen-bond donors (Lipinski definition) is 1. The Morgan fingerprint density at radius 2 is 2.06 bits per heavy atom. The number of aromatic nitrogens is 1. The summed E-state index contributed by atoms with van der Waals surface area (Å²) in [7, 11) is 0. The van der Waals surface area contributed by atoms with Gasteiger partial charge in [-0.05, 0) is 48.7 Å². The lowest BCUT2D eigenvalue weighted by atomic mass is 9.96. The van der Waals surface area contributed by atoms with Crippen LogP contribution in [0.3, 0.4) is 0 Å². The molecule has 32 heavy (non-hydrogen) atoms. The van der Waals surface area contributed by atoms with E-state index < -0.39 is 0 Å². The quantitative estimate of drug-likeness (QED) is 0.590. The van der Waals surface area contributed by atoms with Crippen molar-refractivity contribution in [3.8, 4) is 11.4 Å². The maximum absolute atomic E-state index is 13.6. The van der Waals surface area contributed by atoms with Gasteiger partial charge in [0.2, 0.25) is 5.91 Å². The Labute approximate surface area is 193 Å². The minimum absolute atomic E-state index is 0.138. The first-order valence-corrected chi connectivity index (χ1v) is 11.7. The Morgan fingerprint density at radius 3 is 2.88 bits per heavy atom. The van der Waals surface area contributed by atoms with Crippen LogP contribution in [0.1, 0.15) is 32.3 Å². The molecule has 7 heteroatoms. The molecule has 2 aliphatic heterocycles. The number of ether oxygens (including phenoxy) is 1. The first-order valence-electron chi connectivity index (χ1n) is 11.3. The molecule has 1 atom stereocenters. The van der Waals surface area contributed by atoms with E-state index in [0.29, 0.717) is 24.0 Å². The van der Waals surface area contributed by atoms with Crippen LogP contribution in [0.4, 0.5) is 4.39 Å². The van der Waals surface area contributed by atoms with E-state index in [-0.39, 0.29) is 11.7 Å². The Hall–Kier alpha value is -2.57. The molecule has 1 aromatic heterocycles. The fraction of sp³-hybridized carbons (Fsp3) is 0.400. The number of amides is 1. The molecule has 170 valence electrons. The number of fused-ring (bicyclic) bond motifs is 2. The maximum atomic E-state index is 13.6. The number of hydrogen-bond acceptors (Lipinski definition) is 3. The van der Waals surface area contributed by atoms with Crippen LogP contribution in [0.2, 0.25) is 5.02 Å². The second kappa shape index (κ2) is 9.92. The van der Waals surface area contributed by atoms with Crippen molar-refractivity contribution in [1.29, 1.82) is 0 Å². The van der Waals surface area contributed by atoms with Crippen molar-refractivity contribution in [3.63, 3.8) is 0 Å². The molecular formula is C25H29ClFN3O2. The van der Waals surface area contributed by atoms with Gasteiger partial charge in [-0.2, -0.15) is 0 Å². The molecule has 0 saturated carbocycles. The number of nitrogens with zero attached hydrogens (tertiary/aromatic N) is 2. The van der Waals surface area contributed by atoms with Crippen molar-refractivity contribution in [1.82, 2.24) is 14.8 Å². The molecule has 3 aromatic rings. The zero-order valence-electron chi connectivity index (χ0n) is 18.5. The second-order valence-corrected chi connectivity index (χ2v) is 8.50. The lowest BCUT2D eigenvalue weighted by molar-refractivity contribution is -0.123. The van der Waals surface area contributed by atoms with Gasteiger partial charge in [0.15, 0.2) is 0 Å². The smallest absolute Gasteiger partial charge is 0.220 e. The van der Waals surface area contributed by atoms with Crippen LogP contribution in [0, 0.1) is 11.7 Å². The normalized spacial score (nSPS) is 18.8. The molecule has 1 saturated heterocycles. The van der Waals surface area contributed by atoms with Crippen molar-refractivity contribution in [3.05, 3.63) is 59.0 Å². The molecule has 0 spiro atoms. The summed E-state index contributed by atoms with van der Waals surface area (Å²) in [6, 6.07) is 10.7. The van der Waals surface area contributed by atoms with Gasteiger partial charge in [-0.1, -0.05) is 25.4 Å². The molecule has 0 radical (unpaired) electrons. The van der Waals surface area contributed by atoms with Gasteiger partial charge < -0.3 is 14.6 Å². The van der Waals surface area contributed by atoms with Crippen molar-refractivity contribution in [2.75, 3.05) is 26.2 Å². The van der Waals surface area contributed by atoms with E-state index in [1.807, 2.05) is 36.7 Å². The number of rotatable bonds is 3. The van der Waals surface area contributed by atoms with Gasteiger partial charge in [0, 0.05) is 55.4 Å². The van der Waals surface area contributed by atoms with E-state index in [0.717, 1.165) is 60.5 Å². The van der Waals surface area contributed by atoms with Gasteiger partial charge in [-0.25, -0.2) is 4.39 Å². The highest BCUT2D eigenvalue weighted by Crippen LogP contribution is 2.35. The summed E-state index contributed by atoms with van der Waals surface area (Å²) in [4.78, 5) is 14.1. The van der Waals surface area contributed by atoms with Crippen molar-refractivity contribution >= 4 is 28.4 Å². The first-order chi connectivity index (χ1) is 15.6. The fourth-order valence-corrected chi connectivity index (χ4v) is 4.80. The summed E-state index contributed by atoms with van der Waals surface area (Å²) in [5, 5.41) is 4.32. The maximum Gasteiger partial charge on any atom is 0.220 e. The summed E-state index contributed by atoms with van der Waals surface area (Å²) in [6.07, 6.45) is 3.51. The lowest BCUT2D eigenvalue weighted by Crippen LogP contribution is -2.39. The third-order valence-electron chi connectivity index (χ3n) is 5.95. The molecule has 0 bridgehead atoms. The second-order valence-electron chi connectivity index (χ2n) is 8.10. The predicted molar refractivity (Wildman–Crippen MR) is 126 cm³/mol. The molecule has 1 amide bonds. The van der Waals surface area contributed by atoms with Crippen LogP contribution in [0.25, 0.3) is 16.6 Å². The van der Waals surface area contributed by atoms with E-state index in [9.17, 15) is 9.18 Å². The van der Waals surface area contributed by atoms with Crippen molar-refractivity contribution < 1.29 is 13.9 Å². The molecule has 5 nitrogen and oxygen atoms in total. The van der Waals surface area contributed by atoms with Crippen LogP contribution in [0.5, 0.6) is 5.75 Å². The Bertz CT molecular complexity index is 1110. The average molecular weight is 458 g/mol. The standard InChI is InChI=1S/C23H23ClFN3O2.C2H6/c24-20-12-19(28-6-4-16-10-18(25)1-2-21(16)28)11-17-14-27(7-8-30-23(17)20)13-15-3-5-26-22(29)9-15;1-2/h1-2,4,6,10-12,15H,3,5,7-9,13-14H2,(H,26,29);1-2H3. The highest BCUT2D eigenvalue weighted by Gasteiger charge is 2.25. The highest BCUT2D eigenvalue weighted by atomic mass is 35.5. The Kier molecular flexibility index (Phi) is 7.01. The van der Waals surface area contributed by atoms with Gasteiger partial charge in [0.05, 0.1) is 10.5 Å². The first kappa shape index (κ1) is 22.6. The van der Waals surface area contributed by atoms with Crippen LogP contribution < -0.4 is 10.1 Å². The van der Waals surface area contributed by atoms with Gasteiger partial charge in [-0.15, -0.1) is 0 Å². The average Bonchev–Trinajstić information content (AvgIpc) is 3.08. The SMILES string of the molecule is CC.O=C1CC(CN2CCOc3c(Cl)cc(-n4ccc5cc(F)ccc54)cc3C2)CCN1. The topological polar surface area (TPSA) is 46.5 Å².